The lowest BCUT2D eigenvalue weighted by molar-refractivity contribution is 0.176. The van der Waals surface area contributed by atoms with E-state index in [1.807, 2.05) is 37.3 Å². The second kappa shape index (κ2) is 5.27. The molecule has 0 amide bonds. The summed E-state index contributed by atoms with van der Waals surface area (Å²) in [5.41, 5.74) is 2.37. The molecule has 0 saturated heterocycles. The zero-order valence-electron chi connectivity index (χ0n) is 11.0. The third-order valence-electron chi connectivity index (χ3n) is 3.00. The number of rotatable bonds is 4. The van der Waals surface area contributed by atoms with E-state index in [-0.39, 0.29) is 12.2 Å². The van der Waals surface area contributed by atoms with Gasteiger partial charge in [-0.3, -0.25) is 4.98 Å². The molecule has 0 spiro atoms. The highest BCUT2D eigenvalue weighted by Gasteiger charge is 2.15. The zero-order valence-corrected chi connectivity index (χ0v) is 11.8. The van der Waals surface area contributed by atoms with Crippen LogP contribution in [0.2, 0.25) is 0 Å². The van der Waals surface area contributed by atoms with Crippen molar-refractivity contribution in [2.24, 2.45) is 0 Å². The third kappa shape index (κ3) is 3.52. The topological polar surface area (TPSA) is 67.3 Å². The quantitative estimate of drug-likeness (QED) is 0.929. The molecule has 0 aliphatic rings. The molecule has 4 nitrogen and oxygen atoms in total. The van der Waals surface area contributed by atoms with Gasteiger partial charge in [-0.25, -0.2) is 8.42 Å². The number of aromatic nitrogens is 1. The molecular weight excluding hydrogens is 262 g/mol. The first kappa shape index (κ1) is 14.0. The Kier molecular flexibility index (Phi) is 3.87. The van der Waals surface area contributed by atoms with Gasteiger partial charge in [-0.15, -0.1) is 0 Å². The molecule has 1 N–H and O–H groups in total. The number of sulfone groups is 1. The van der Waals surface area contributed by atoms with Crippen LogP contribution in [0.15, 0.2) is 30.3 Å². The van der Waals surface area contributed by atoms with Crippen molar-refractivity contribution in [1.82, 2.24) is 4.98 Å². The van der Waals surface area contributed by atoms with Crippen molar-refractivity contribution in [3.63, 3.8) is 0 Å². The van der Waals surface area contributed by atoms with Gasteiger partial charge in [0.05, 0.1) is 17.4 Å². The molecule has 0 bridgehead atoms. The smallest absolute Gasteiger partial charge is 0.147 e. The van der Waals surface area contributed by atoms with Gasteiger partial charge >= 0.3 is 0 Å². The average molecular weight is 279 g/mol. The van der Waals surface area contributed by atoms with Gasteiger partial charge in [0.1, 0.15) is 9.84 Å². The summed E-state index contributed by atoms with van der Waals surface area (Å²) in [6.45, 7) is 1.86. The van der Waals surface area contributed by atoms with E-state index in [1.54, 1.807) is 0 Å². The first-order chi connectivity index (χ1) is 8.87. The predicted octanol–water partition coefficient (Wildman–Crippen LogP) is 2.01. The molecule has 2 rings (SSSR count). The van der Waals surface area contributed by atoms with Crippen LogP contribution in [0.3, 0.4) is 0 Å². The Hall–Kier alpha value is -1.46. The highest BCUT2D eigenvalue weighted by Crippen LogP contribution is 2.26. The monoisotopic (exact) mass is 279 g/mol. The normalized spacial score (nSPS) is 13.6. The predicted molar refractivity (Wildman–Crippen MR) is 75.8 cm³/mol. The molecular formula is C14H17NO3S. The molecule has 0 aliphatic carbocycles. The number of para-hydroxylation sites is 1. The Morgan fingerprint density at radius 3 is 2.68 bits per heavy atom. The van der Waals surface area contributed by atoms with E-state index in [2.05, 4.69) is 4.98 Å². The van der Waals surface area contributed by atoms with Crippen molar-refractivity contribution < 1.29 is 13.5 Å². The second-order valence-electron chi connectivity index (χ2n) is 4.80. The van der Waals surface area contributed by atoms with E-state index in [0.29, 0.717) is 0 Å². The molecule has 0 radical (unpaired) electrons. The lowest BCUT2D eigenvalue weighted by Gasteiger charge is -2.14. The average Bonchev–Trinajstić information content (AvgIpc) is 2.34. The molecule has 19 heavy (non-hydrogen) atoms. The van der Waals surface area contributed by atoms with Crippen molar-refractivity contribution in [3.8, 4) is 0 Å². The van der Waals surface area contributed by atoms with E-state index in [4.69, 9.17) is 0 Å². The summed E-state index contributed by atoms with van der Waals surface area (Å²) in [6.07, 6.45) is 0.586. The van der Waals surface area contributed by atoms with Gasteiger partial charge in [-0.1, -0.05) is 18.2 Å². The molecule has 0 aliphatic heterocycles. The van der Waals surface area contributed by atoms with Gasteiger partial charge in [0.25, 0.3) is 0 Å². The molecule has 1 heterocycles. The Morgan fingerprint density at radius 2 is 2.00 bits per heavy atom. The summed E-state index contributed by atoms with van der Waals surface area (Å²) in [5.74, 6) is -0.0239. The fraction of sp³-hybridized carbons (Fsp3) is 0.357. The molecule has 0 fully saturated rings. The van der Waals surface area contributed by atoms with Crippen LogP contribution in [0.1, 0.15) is 23.8 Å². The van der Waals surface area contributed by atoms with E-state index < -0.39 is 15.9 Å². The number of hydrogen-bond acceptors (Lipinski definition) is 4. The largest absolute Gasteiger partial charge is 0.388 e. The van der Waals surface area contributed by atoms with Gasteiger partial charge in [-0.05, 0) is 31.0 Å². The Bertz CT molecular complexity index is 695. The number of hydrogen-bond donors (Lipinski definition) is 1. The maximum Gasteiger partial charge on any atom is 0.147 e. The van der Waals surface area contributed by atoms with Crippen molar-refractivity contribution in [2.75, 3.05) is 12.0 Å². The third-order valence-corrected chi connectivity index (χ3v) is 3.97. The van der Waals surface area contributed by atoms with Crippen LogP contribution < -0.4 is 0 Å². The first-order valence-electron chi connectivity index (χ1n) is 6.09. The van der Waals surface area contributed by atoms with E-state index >= 15 is 0 Å². The molecule has 1 atom stereocenters. The Balaban J connectivity index is 2.38. The van der Waals surface area contributed by atoms with Crippen molar-refractivity contribution in [1.29, 1.82) is 0 Å². The minimum atomic E-state index is -3.07. The van der Waals surface area contributed by atoms with Crippen molar-refractivity contribution in [3.05, 3.63) is 41.6 Å². The summed E-state index contributed by atoms with van der Waals surface area (Å²) < 4.78 is 22.3. The fourth-order valence-electron chi connectivity index (χ4n) is 2.10. The van der Waals surface area contributed by atoms with Gasteiger partial charge in [0.15, 0.2) is 0 Å². The van der Waals surface area contributed by atoms with Crippen LogP contribution in [0.5, 0.6) is 0 Å². The fourth-order valence-corrected chi connectivity index (χ4v) is 2.75. The van der Waals surface area contributed by atoms with Gasteiger partial charge in [0.2, 0.25) is 0 Å². The SMILES string of the molecule is Cc1cc(C(O)CCS(C)(=O)=O)c2ccccc2n1. The lowest BCUT2D eigenvalue weighted by Crippen LogP contribution is -2.09. The first-order valence-corrected chi connectivity index (χ1v) is 8.15. The number of aryl methyl sites for hydroxylation is 1. The summed E-state index contributed by atoms with van der Waals surface area (Å²) in [6, 6.07) is 9.36. The molecule has 1 unspecified atom stereocenters. The summed E-state index contributed by atoms with van der Waals surface area (Å²) in [5, 5.41) is 11.1. The van der Waals surface area contributed by atoms with Gasteiger partial charge < -0.3 is 5.11 Å². The van der Waals surface area contributed by atoms with Crippen LogP contribution in [0.4, 0.5) is 0 Å². The minimum Gasteiger partial charge on any atom is -0.388 e. The number of fused-ring (bicyclic) bond motifs is 1. The van der Waals surface area contributed by atoms with E-state index in [1.165, 1.54) is 6.26 Å². The highest BCUT2D eigenvalue weighted by atomic mass is 32.2. The number of aliphatic hydroxyl groups excluding tert-OH is 1. The molecule has 0 saturated carbocycles. The maximum atomic E-state index is 11.2. The standard InChI is InChI=1S/C14H17NO3S/c1-10-9-12(14(16)7-8-19(2,17)18)11-5-3-4-6-13(11)15-10/h3-6,9,14,16H,7-8H2,1-2H3. The van der Waals surface area contributed by atoms with Crippen molar-refractivity contribution in [2.45, 2.75) is 19.4 Å². The number of aliphatic hydroxyl groups is 1. The van der Waals surface area contributed by atoms with Crippen LogP contribution in [0, 0.1) is 6.92 Å². The van der Waals surface area contributed by atoms with Crippen LogP contribution in [-0.4, -0.2) is 30.5 Å². The van der Waals surface area contributed by atoms with E-state index in [0.717, 1.165) is 22.2 Å². The Labute approximate surface area is 113 Å². The lowest BCUT2D eigenvalue weighted by atomic mass is 10.0. The molecule has 5 heteroatoms. The van der Waals surface area contributed by atoms with Crippen LogP contribution in [-0.2, 0) is 9.84 Å². The summed E-state index contributed by atoms with van der Waals surface area (Å²) in [7, 11) is -3.07. The van der Waals surface area contributed by atoms with E-state index in [9.17, 15) is 13.5 Å². The summed E-state index contributed by atoms with van der Waals surface area (Å²) >= 11 is 0. The minimum absolute atomic E-state index is 0.0239. The molecule has 102 valence electrons. The molecule has 1 aromatic carbocycles. The number of nitrogens with zero attached hydrogens (tertiary/aromatic N) is 1. The van der Waals surface area contributed by atoms with Gasteiger partial charge in [0, 0.05) is 17.3 Å². The molecule has 2 aromatic rings. The zero-order chi connectivity index (χ0) is 14.0. The van der Waals surface area contributed by atoms with Crippen molar-refractivity contribution >= 4 is 20.7 Å². The van der Waals surface area contributed by atoms with Crippen LogP contribution >= 0.6 is 0 Å². The van der Waals surface area contributed by atoms with Gasteiger partial charge in [-0.2, -0.15) is 0 Å². The van der Waals surface area contributed by atoms with Crippen LogP contribution in [0.25, 0.3) is 10.9 Å². The summed E-state index contributed by atoms with van der Waals surface area (Å²) in [4.78, 5) is 4.40. The number of pyridine rings is 1. The molecule has 1 aromatic heterocycles. The second-order valence-corrected chi connectivity index (χ2v) is 7.06. The number of benzene rings is 1. The highest BCUT2D eigenvalue weighted by molar-refractivity contribution is 7.90. The maximum absolute atomic E-state index is 11.2. The Morgan fingerprint density at radius 1 is 1.32 bits per heavy atom.